The van der Waals surface area contributed by atoms with E-state index < -0.39 is 0 Å². The first kappa shape index (κ1) is 14.7. The zero-order valence-electron chi connectivity index (χ0n) is 12.7. The van der Waals surface area contributed by atoms with Crippen molar-refractivity contribution in [1.29, 1.82) is 0 Å². The summed E-state index contributed by atoms with van der Waals surface area (Å²) in [6.45, 7) is 0.708. The fourth-order valence-corrected chi connectivity index (χ4v) is 5.26. The molecule has 4 aliphatic carbocycles. The highest BCUT2D eigenvalue weighted by atomic mass is 16.4. The maximum absolute atomic E-state index is 12.7. The lowest BCUT2D eigenvalue weighted by molar-refractivity contribution is -0.146. The summed E-state index contributed by atoms with van der Waals surface area (Å²) in [6, 6.07) is 0. The van der Waals surface area contributed by atoms with E-state index in [1.54, 1.807) is 0 Å². The molecule has 0 radical (unpaired) electrons. The summed E-state index contributed by atoms with van der Waals surface area (Å²) in [6.07, 6.45) is 9.78. The van der Waals surface area contributed by atoms with E-state index in [1.165, 1.54) is 19.3 Å². The van der Waals surface area contributed by atoms with Crippen LogP contribution in [-0.4, -0.2) is 23.5 Å². The average molecular weight is 293 g/mol. The van der Waals surface area contributed by atoms with E-state index in [1.807, 2.05) is 0 Å². The fourth-order valence-electron chi connectivity index (χ4n) is 5.26. The normalized spacial score (nSPS) is 37.7. The van der Waals surface area contributed by atoms with Crippen LogP contribution >= 0.6 is 0 Å². The Morgan fingerprint density at radius 1 is 1.14 bits per heavy atom. The van der Waals surface area contributed by atoms with Gasteiger partial charge in [0.1, 0.15) is 5.84 Å². The minimum atomic E-state index is -0.0413. The molecule has 0 aromatic rings. The zero-order chi connectivity index (χ0) is 14.9. The van der Waals surface area contributed by atoms with Gasteiger partial charge in [0.25, 0.3) is 0 Å². The van der Waals surface area contributed by atoms with E-state index in [2.05, 4.69) is 10.5 Å². The summed E-state index contributed by atoms with van der Waals surface area (Å²) >= 11 is 0. The van der Waals surface area contributed by atoms with E-state index in [4.69, 9.17) is 10.9 Å². The average Bonchev–Trinajstić information content (AvgIpc) is 2.45. The van der Waals surface area contributed by atoms with E-state index in [0.29, 0.717) is 18.9 Å². The maximum Gasteiger partial charge on any atom is 0.226 e. The molecule has 0 heterocycles. The van der Waals surface area contributed by atoms with Crippen LogP contribution < -0.4 is 11.1 Å². The van der Waals surface area contributed by atoms with Crippen molar-refractivity contribution < 1.29 is 10.0 Å². The number of unbranched alkanes of at least 4 members (excludes halogenated alkanes) is 1. The highest BCUT2D eigenvalue weighted by molar-refractivity contribution is 5.83. The predicted octanol–water partition coefficient (Wildman–Crippen LogP) is 2.24. The van der Waals surface area contributed by atoms with Gasteiger partial charge in [-0.05, 0) is 69.1 Å². The van der Waals surface area contributed by atoms with Gasteiger partial charge in [-0.15, -0.1) is 0 Å². The summed E-state index contributed by atoms with van der Waals surface area (Å²) in [5.41, 5.74) is 5.39. The quantitative estimate of drug-likeness (QED) is 0.231. The van der Waals surface area contributed by atoms with Crippen molar-refractivity contribution in [1.82, 2.24) is 5.32 Å². The summed E-state index contributed by atoms with van der Waals surface area (Å²) in [5, 5.41) is 14.6. The van der Waals surface area contributed by atoms with Crippen LogP contribution in [-0.2, 0) is 4.79 Å². The van der Waals surface area contributed by atoms with E-state index in [-0.39, 0.29) is 11.3 Å². The number of nitrogens with zero attached hydrogens (tertiary/aromatic N) is 1. The smallest absolute Gasteiger partial charge is 0.226 e. The Kier molecular flexibility index (Phi) is 4.09. The van der Waals surface area contributed by atoms with Crippen LogP contribution in [0.1, 0.15) is 57.8 Å². The molecule has 4 rings (SSSR count). The Labute approximate surface area is 126 Å². The Morgan fingerprint density at radius 2 is 1.71 bits per heavy atom. The molecular formula is C16H27N3O2. The van der Waals surface area contributed by atoms with Gasteiger partial charge in [-0.3, -0.25) is 4.79 Å². The van der Waals surface area contributed by atoms with Crippen molar-refractivity contribution in [2.75, 3.05) is 6.54 Å². The van der Waals surface area contributed by atoms with Crippen LogP contribution in [0, 0.1) is 23.2 Å². The van der Waals surface area contributed by atoms with Crippen LogP contribution in [0.3, 0.4) is 0 Å². The van der Waals surface area contributed by atoms with Crippen LogP contribution in [0.4, 0.5) is 0 Å². The molecule has 4 aliphatic rings. The third-order valence-electron chi connectivity index (χ3n) is 5.79. The van der Waals surface area contributed by atoms with Gasteiger partial charge >= 0.3 is 0 Å². The highest BCUT2D eigenvalue weighted by Crippen LogP contribution is 2.60. The van der Waals surface area contributed by atoms with Gasteiger partial charge in [-0.2, -0.15) is 0 Å². The Morgan fingerprint density at radius 3 is 2.24 bits per heavy atom. The van der Waals surface area contributed by atoms with Gasteiger partial charge in [0.15, 0.2) is 0 Å². The summed E-state index contributed by atoms with van der Waals surface area (Å²) in [5.74, 6) is 2.99. The van der Waals surface area contributed by atoms with Gasteiger partial charge < -0.3 is 16.3 Å². The highest BCUT2D eigenvalue weighted by Gasteiger charge is 2.54. The molecule has 5 nitrogen and oxygen atoms in total. The topological polar surface area (TPSA) is 87.7 Å². The lowest BCUT2D eigenvalue weighted by Gasteiger charge is -2.55. The van der Waals surface area contributed by atoms with Crippen molar-refractivity contribution in [3.8, 4) is 0 Å². The van der Waals surface area contributed by atoms with Gasteiger partial charge in [0, 0.05) is 18.4 Å². The first-order valence-corrected chi connectivity index (χ1v) is 8.36. The minimum absolute atomic E-state index is 0.0413. The second-order valence-electron chi connectivity index (χ2n) is 7.50. The van der Waals surface area contributed by atoms with Crippen molar-refractivity contribution in [2.45, 2.75) is 57.8 Å². The molecule has 0 spiro atoms. The second kappa shape index (κ2) is 5.85. The largest absolute Gasteiger partial charge is 0.409 e. The molecule has 0 aliphatic heterocycles. The van der Waals surface area contributed by atoms with Gasteiger partial charge in [0.05, 0.1) is 0 Å². The molecular weight excluding hydrogens is 266 g/mol. The number of oxime groups is 1. The van der Waals surface area contributed by atoms with Crippen LogP contribution in [0.15, 0.2) is 5.16 Å². The molecule has 0 saturated heterocycles. The maximum atomic E-state index is 12.7. The molecule has 118 valence electrons. The van der Waals surface area contributed by atoms with Crippen molar-refractivity contribution >= 4 is 11.7 Å². The molecule has 4 N–H and O–H groups in total. The molecule has 0 aromatic carbocycles. The lowest BCUT2D eigenvalue weighted by atomic mass is 9.49. The SMILES string of the molecule is NC(CCCCNC(=O)C12CC3CC(CC(C3)C1)C2)=NO. The molecule has 0 unspecified atom stereocenters. The number of hydrogen-bond acceptors (Lipinski definition) is 3. The monoisotopic (exact) mass is 293 g/mol. The van der Waals surface area contributed by atoms with Crippen LogP contribution in [0.2, 0.25) is 0 Å². The first-order chi connectivity index (χ1) is 10.1. The van der Waals surface area contributed by atoms with Gasteiger partial charge in [-0.1, -0.05) is 5.16 Å². The fraction of sp³-hybridized carbons (Fsp3) is 0.875. The number of amides is 1. The Balaban J connectivity index is 1.45. The van der Waals surface area contributed by atoms with E-state index in [9.17, 15) is 4.79 Å². The minimum Gasteiger partial charge on any atom is -0.409 e. The van der Waals surface area contributed by atoms with Crippen LogP contribution in [0.5, 0.6) is 0 Å². The second-order valence-corrected chi connectivity index (χ2v) is 7.50. The summed E-state index contributed by atoms with van der Waals surface area (Å²) in [7, 11) is 0. The number of nitrogens with two attached hydrogens (primary N) is 1. The number of nitrogens with one attached hydrogen (secondary N) is 1. The Hall–Kier alpha value is -1.26. The van der Waals surface area contributed by atoms with E-state index in [0.717, 1.165) is 49.9 Å². The van der Waals surface area contributed by atoms with Crippen molar-refractivity contribution in [2.24, 2.45) is 34.1 Å². The molecule has 0 atom stereocenters. The molecule has 1 amide bonds. The Bertz CT molecular complexity index is 398. The molecule has 4 fully saturated rings. The summed E-state index contributed by atoms with van der Waals surface area (Å²) in [4.78, 5) is 12.7. The van der Waals surface area contributed by atoms with Crippen molar-refractivity contribution in [3.63, 3.8) is 0 Å². The predicted molar refractivity (Wildman–Crippen MR) is 80.9 cm³/mol. The number of amidine groups is 1. The number of hydrogen-bond donors (Lipinski definition) is 3. The molecule has 5 heteroatoms. The molecule has 4 bridgehead atoms. The molecule has 21 heavy (non-hydrogen) atoms. The first-order valence-electron chi connectivity index (χ1n) is 8.36. The van der Waals surface area contributed by atoms with Gasteiger partial charge in [-0.25, -0.2) is 0 Å². The third kappa shape index (κ3) is 3.01. The number of carbonyl (C=O) groups excluding carboxylic acids is 1. The summed E-state index contributed by atoms with van der Waals surface area (Å²) < 4.78 is 0. The van der Waals surface area contributed by atoms with Crippen LogP contribution in [0.25, 0.3) is 0 Å². The number of rotatable bonds is 6. The standard InChI is InChI=1S/C16H27N3O2/c17-14(19-21)3-1-2-4-18-15(20)16-8-11-5-12(9-16)7-13(6-11)10-16/h11-13,21H,1-10H2,(H2,17,19)(H,18,20). The number of carbonyl (C=O) groups is 1. The molecule has 4 saturated carbocycles. The van der Waals surface area contributed by atoms with E-state index >= 15 is 0 Å². The molecule has 0 aromatic heterocycles. The third-order valence-corrected chi connectivity index (χ3v) is 5.79. The lowest BCUT2D eigenvalue weighted by Crippen LogP contribution is -2.53. The van der Waals surface area contributed by atoms with Crippen molar-refractivity contribution in [3.05, 3.63) is 0 Å². The van der Waals surface area contributed by atoms with Gasteiger partial charge in [0.2, 0.25) is 5.91 Å². The zero-order valence-corrected chi connectivity index (χ0v) is 12.7.